The molecule has 2 aromatic heterocycles. The van der Waals surface area contributed by atoms with Crippen molar-refractivity contribution in [2.45, 2.75) is 13.3 Å². The van der Waals surface area contributed by atoms with Crippen LogP contribution in [-0.4, -0.2) is 33.1 Å². The standard InChI is InChI=1S/C21H19FN6O/c1-3-18-19-20(26-25-12-14-6-4-7-15(22)10-14)23-13-24-21(19)28(27-18)16-8-5-9-17(11-16)29-2/h4-13H,3H2,1-2H3,(H,23,24,26)/b25-12+. The van der Waals surface area contributed by atoms with Crippen molar-refractivity contribution in [2.24, 2.45) is 5.10 Å². The topological polar surface area (TPSA) is 77.2 Å². The summed E-state index contributed by atoms with van der Waals surface area (Å²) in [7, 11) is 1.62. The first kappa shape index (κ1) is 18.5. The minimum Gasteiger partial charge on any atom is -0.497 e. The summed E-state index contributed by atoms with van der Waals surface area (Å²) in [6, 6.07) is 13.8. The minimum absolute atomic E-state index is 0.314. The van der Waals surface area contributed by atoms with Crippen molar-refractivity contribution in [3.05, 3.63) is 71.9 Å². The number of methoxy groups -OCH3 is 1. The van der Waals surface area contributed by atoms with E-state index in [1.807, 2.05) is 31.2 Å². The van der Waals surface area contributed by atoms with Gasteiger partial charge in [-0.2, -0.15) is 10.2 Å². The summed E-state index contributed by atoms with van der Waals surface area (Å²) in [6.45, 7) is 2.02. The molecular weight excluding hydrogens is 371 g/mol. The third-order valence-corrected chi connectivity index (χ3v) is 4.40. The number of aryl methyl sites for hydroxylation is 1. The van der Waals surface area contributed by atoms with Crippen LogP contribution >= 0.6 is 0 Å². The maximum atomic E-state index is 13.3. The highest BCUT2D eigenvalue weighted by Gasteiger charge is 2.16. The number of aromatic nitrogens is 4. The molecule has 0 amide bonds. The van der Waals surface area contributed by atoms with Gasteiger partial charge in [0.25, 0.3) is 0 Å². The van der Waals surface area contributed by atoms with Crippen LogP contribution in [0.1, 0.15) is 18.2 Å². The molecule has 0 saturated heterocycles. The van der Waals surface area contributed by atoms with E-state index >= 15 is 0 Å². The predicted molar refractivity (Wildman–Crippen MR) is 110 cm³/mol. The van der Waals surface area contributed by atoms with Crippen molar-refractivity contribution in [2.75, 3.05) is 12.5 Å². The van der Waals surface area contributed by atoms with E-state index in [0.717, 1.165) is 22.5 Å². The number of fused-ring (bicyclic) bond motifs is 1. The Morgan fingerprint density at radius 2 is 2.03 bits per heavy atom. The normalized spacial score (nSPS) is 11.3. The van der Waals surface area contributed by atoms with Gasteiger partial charge >= 0.3 is 0 Å². The van der Waals surface area contributed by atoms with Crippen LogP contribution in [0.5, 0.6) is 5.75 Å². The highest BCUT2D eigenvalue weighted by molar-refractivity contribution is 5.91. The Morgan fingerprint density at radius 3 is 2.83 bits per heavy atom. The molecule has 0 bridgehead atoms. The van der Waals surface area contributed by atoms with Crippen LogP contribution in [0.3, 0.4) is 0 Å². The van der Waals surface area contributed by atoms with E-state index in [1.54, 1.807) is 23.9 Å². The van der Waals surface area contributed by atoms with Crippen molar-refractivity contribution in [3.63, 3.8) is 0 Å². The lowest BCUT2D eigenvalue weighted by Gasteiger charge is -2.06. The summed E-state index contributed by atoms with van der Waals surface area (Å²) in [5.74, 6) is 0.955. The van der Waals surface area contributed by atoms with Gasteiger partial charge in [-0.3, -0.25) is 5.43 Å². The lowest BCUT2D eigenvalue weighted by atomic mass is 10.2. The smallest absolute Gasteiger partial charge is 0.168 e. The lowest BCUT2D eigenvalue weighted by Crippen LogP contribution is -2.00. The zero-order valence-corrected chi connectivity index (χ0v) is 16.0. The molecule has 0 saturated carbocycles. The molecule has 0 aliphatic rings. The average molecular weight is 390 g/mol. The second-order valence-electron chi connectivity index (χ2n) is 6.26. The number of benzene rings is 2. The number of nitrogens with zero attached hydrogens (tertiary/aromatic N) is 5. The first-order chi connectivity index (χ1) is 14.2. The number of hydrogen-bond acceptors (Lipinski definition) is 6. The van der Waals surface area contributed by atoms with E-state index in [-0.39, 0.29) is 5.82 Å². The number of nitrogens with one attached hydrogen (secondary N) is 1. The van der Waals surface area contributed by atoms with Crippen LogP contribution in [0.25, 0.3) is 16.7 Å². The molecule has 0 fully saturated rings. The summed E-state index contributed by atoms with van der Waals surface area (Å²) in [4.78, 5) is 8.74. The van der Waals surface area contributed by atoms with E-state index in [0.29, 0.717) is 23.4 Å². The van der Waals surface area contributed by atoms with Crippen LogP contribution in [0.2, 0.25) is 0 Å². The fraction of sp³-hybridized carbons (Fsp3) is 0.143. The monoisotopic (exact) mass is 390 g/mol. The quantitative estimate of drug-likeness (QED) is 0.398. The Balaban J connectivity index is 1.73. The third kappa shape index (κ3) is 3.77. The maximum absolute atomic E-state index is 13.3. The van der Waals surface area contributed by atoms with Gasteiger partial charge in [-0.05, 0) is 36.2 Å². The molecule has 8 heteroatoms. The number of anilines is 1. The lowest BCUT2D eigenvalue weighted by molar-refractivity contribution is 0.414. The van der Waals surface area contributed by atoms with Crippen LogP contribution in [0.15, 0.2) is 60.0 Å². The van der Waals surface area contributed by atoms with Crippen LogP contribution in [0.4, 0.5) is 10.2 Å². The molecule has 2 aromatic carbocycles. The van der Waals surface area contributed by atoms with Crippen molar-refractivity contribution in [1.29, 1.82) is 0 Å². The molecule has 0 aliphatic carbocycles. The molecule has 29 heavy (non-hydrogen) atoms. The van der Waals surface area contributed by atoms with Crippen molar-refractivity contribution in [1.82, 2.24) is 19.7 Å². The van der Waals surface area contributed by atoms with E-state index in [9.17, 15) is 4.39 Å². The molecule has 0 spiro atoms. The second-order valence-corrected chi connectivity index (χ2v) is 6.26. The molecule has 0 atom stereocenters. The van der Waals surface area contributed by atoms with Crippen molar-refractivity contribution >= 4 is 23.1 Å². The molecular formula is C21H19FN6O. The molecule has 1 N–H and O–H groups in total. The van der Waals surface area contributed by atoms with E-state index in [2.05, 4.69) is 20.5 Å². The Kier molecular flexibility index (Phi) is 5.15. The van der Waals surface area contributed by atoms with Gasteiger partial charge in [-0.15, -0.1) is 0 Å². The number of ether oxygens (including phenoxy) is 1. The number of hydrogen-bond donors (Lipinski definition) is 1. The van der Waals surface area contributed by atoms with E-state index < -0.39 is 0 Å². The Labute approximate surface area is 166 Å². The largest absolute Gasteiger partial charge is 0.497 e. The fourth-order valence-electron chi connectivity index (χ4n) is 3.03. The Bertz CT molecular complexity index is 1190. The highest BCUT2D eigenvalue weighted by atomic mass is 19.1. The van der Waals surface area contributed by atoms with Crippen LogP contribution in [0, 0.1) is 5.82 Å². The highest BCUT2D eigenvalue weighted by Crippen LogP contribution is 2.27. The van der Waals surface area contributed by atoms with Gasteiger partial charge in [-0.1, -0.05) is 25.1 Å². The molecule has 4 rings (SSSR count). The predicted octanol–water partition coefficient (Wildman–Crippen LogP) is 3.97. The van der Waals surface area contributed by atoms with Crippen LogP contribution in [-0.2, 0) is 6.42 Å². The van der Waals surface area contributed by atoms with E-state index in [4.69, 9.17) is 9.84 Å². The zero-order chi connectivity index (χ0) is 20.2. The minimum atomic E-state index is -0.314. The fourth-order valence-corrected chi connectivity index (χ4v) is 3.03. The van der Waals surface area contributed by atoms with Gasteiger partial charge < -0.3 is 4.74 Å². The summed E-state index contributed by atoms with van der Waals surface area (Å²) >= 11 is 0. The molecule has 2 heterocycles. The van der Waals surface area contributed by atoms with Crippen molar-refractivity contribution in [3.8, 4) is 11.4 Å². The molecule has 0 aliphatic heterocycles. The summed E-state index contributed by atoms with van der Waals surface area (Å²) in [6.07, 6.45) is 3.69. The molecule has 4 aromatic rings. The van der Waals surface area contributed by atoms with E-state index in [1.165, 1.54) is 24.7 Å². The molecule has 146 valence electrons. The van der Waals surface area contributed by atoms with Crippen LogP contribution < -0.4 is 10.2 Å². The molecule has 0 unspecified atom stereocenters. The van der Waals surface area contributed by atoms with Gasteiger partial charge in [0.15, 0.2) is 11.5 Å². The first-order valence-electron chi connectivity index (χ1n) is 9.11. The third-order valence-electron chi connectivity index (χ3n) is 4.40. The number of hydrazone groups is 1. The zero-order valence-electron chi connectivity index (χ0n) is 16.0. The Morgan fingerprint density at radius 1 is 1.17 bits per heavy atom. The number of halogens is 1. The maximum Gasteiger partial charge on any atom is 0.168 e. The summed E-state index contributed by atoms with van der Waals surface area (Å²) in [5, 5.41) is 9.69. The summed E-state index contributed by atoms with van der Waals surface area (Å²) < 4.78 is 20.4. The van der Waals surface area contributed by atoms with Gasteiger partial charge in [0.2, 0.25) is 0 Å². The molecule has 7 nitrogen and oxygen atoms in total. The van der Waals surface area contributed by atoms with Gasteiger partial charge in [0.1, 0.15) is 17.9 Å². The average Bonchev–Trinajstić information content (AvgIpc) is 3.14. The second kappa shape index (κ2) is 8.05. The van der Waals surface area contributed by atoms with Gasteiger partial charge in [0, 0.05) is 6.07 Å². The summed E-state index contributed by atoms with van der Waals surface area (Å²) in [5.41, 5.74) is 5.92. The van der Waals surface area contributed by atoms with Gasteiger partial charge in [0.05, 0.1) is 30.1 Å². The van der Waals surface area contributed by atoms with Crippen molar-refractivity contribution < 1.29 is 9.13 Å². The Hall–Kier alpha value is -3.81. The van der Waals surface area contributed by atoms with Gasteiger partial charge in [-0.25, -0.2) is 19.0 Å². The SMILES string of the molecule is CCc1nn(-c2cccc(OC)c2)c2ncnc(N/N=C/c3cccc(F)c3)c12. The number of rotatable bonds is 6. The molecule has 0 radical (unpaired) electrons. The first-order valence-corrected chi connectivity index (χ1v) is 9.11.